The van der Waals surface area contributed by atoms with Crippen molar-refractivity contribution < 1.29 is 0 Å². The molecule has 1 heterocycles. The molecule has 0 aromatic heterocycles. The van der Waals surface area contributed by atoms with E-state index in [-0.39, 0.29) is 12.4 Å². The summed E-state index contributed by atoms with van der Waals surface area (Å²) in [6.07, 6.45) is 7.80. The highest BCUT2D eigenvalue weighted by Gasteiger charge is 2.40. The van der Waals surface area contributed by atoms with Gasteiger partial charge in [0.2, 0.25) is 0 Å². The van der Waals surface area contributed by atoms with Crippen molar-refractivity contribution in [2.45, 2.75) is 18.9 Å². The summed E-state index contributed by atoms with van der Waals surface area (Å²) in [5.41, 5.74) is 6.00. The van der Waals surface area contributed by atoms with Crippen LogP contribution in [-0.4, -0.2) is 30.6 Å². The molecular formula is C10H17ClN2. The smallest absolute Gasteiger partial charge is 0.0599 e. The minimum atomic E-state index is 0. The quantitative estimate of drug-likeness (QED) is 0.632. The highest BCUT2D eigenvalue weighted by atomic mass is 35.5. The van der Waals surface area contributed by atoms with Crippen molar-refractivity contribution in [3.63, 3.8) is 0 Å². The first-order valence-electron chi connectivity index (χ1n) is 4.72. The summed E-state index contributed by atoms with van der Waals surface area (Å²) in [4.78, 5) is 2.36. The number of rotatable bonds is 1. The van der Waals surface area contributed by atoms with Crippen molar-refractivity contribution in [2.24, 2.45) is 17.6 Å². The van der Waals surface area contributed by atoms with Gasteiger partial charge in [-0.2, -0.15) is 0 Å². The molecule has 2 rings (SSSR count). The van der Waals surface area contributed by atoms with Crippen LogP contribution < -0.4 is 5.73 Å². The van der Waals surface area contributed by atoms with Crippen molar-refractivity contribution >= 4 is 12.4 Å². The van der Waals surface area contributed by atoms with Gasteiger partial charge in [-0.05, 0) is 24.7 Å². The van der Waals surface area contributed by atoms with Crippen LogP contribution in [0.1, 0.15) is 12.8 Å². The van der Waals surface area contributed by atoms with Crippen molar-refractivity contribution in [3.05, 3.63) is 0 Å². The molecule has 3 heteroatoms. The standard InChI is InChI=1S/C10H16N2.ClH/c1-2-5-12-6-8-3-4-10(11)9(8)7-12;/h1,8-10H,3-7,11H2;1H/t8-,9+,10?;/m0./s1. The number of likely N-dealkylation sites (tertiary alicyclic amines) is 1. The van der Waals surface area contributed by atoms with E-state index in [9.17, 15) is 0 Å². The van der Waals surface area contributed by atoms with Gasteiger partial charge in [-0.1, -0.05) is 5.92 Å². The van der Waals surface area contributed by atoms with E-state index < -0.39 is 0 Å². The molecule has 2 fully saturated rings. The maximum atomic E-state index is 6.00. The normalized spacial score (nSPS) is 38.0. The van der Waals surface area contributed by atoms with Crippen molar-refractivity contribution in [1.82, 2.24) is 4.90 Å². The lowest BCUT2D eigenvalue weighted by molar-refractivity contribution is 0.341. The summed E-state index contributed by atoms with van der Waals surface area (Å²) in [5, 5.41) is 0. The summed E-state index contributed by atoms with van der Waals surface area (Å²) in [6.45, 7) is 3.12. The summed E-state index contributed by atoms with van der Waals surface area (Å²) in [7, 11) is 0. The minimum absolute atomic E-state index is 0. The summed E-state index contributed by atoms with van der Waals surface area (Å²) < 4.78 is 0. The van der Waals surface area contributed by atoms with Crippen molar-refractivity contribution in [3.8, 4) is 12.3 Å². The third-order valence-corrected chi connectivity index (χ3v) is 3.30. The molecule has 2 nitrogen and oxygen atoms in total. The number of terminal acetylenes is 1. The number of hydrogen-bond acceptors (Lipinski definition) is 2. The van der Waals surface area contributed by atoms with Crippen LogP contribution in [0.5, 0.6) is 0 Å². The van der Waals surface area contributed by atoms with Crippen LogP contribution >= 0.6 is 12.4 Å². The van der Waals surface area contributed by atoms with Crippen LogP contribution in [0.25, 0.3) is 0 Å². The lowest BCUT2D eigenvalue weighted by Gasteiger charge is -2.15. The van der Waals surface area contributed by atoms with Gasteiger partial charge in [-0.3, -0.25) is 4.90 Å². The SMILES string of the molecule is C#CCN1C[C@@H]2CCC(N)[C@@H]2C1.Cl. The van der Waals surface area contributed by atoms with Gasteiger partial charge in [-0.25, -0.2) is 0 Å². The number of nitrogens with two attached hydrogens (primary N) is 1. The maximum absolute atomic E-state index is 6.00. The van der Waals surface area contributed by atoms with E-state index in [2.05, 4.69) is 10.8 Å². The van der Waals surface area contributed by atoms with Crippen LogP contribution in [0.3, 0.4) is 0 Å². The Labute approximate surface area is 86.3 Å². The first-order valence-corrected chi connectivity index (χ1v) is 4.72. The Morgan fingerprint density at radius 1 is 1.38 bits per heavy atom. The minimum Gasteiger partial charge on any atom is -0.327 e. The highest BCUT2D eigenvalue weighted by Crippen LogP contribution is 2.36. The summed E-state index contributed by atoms with van der Waals surface area (Å²) in [5.74, 6) is 4.27. The molecule has 13 heavy (non-hydrogen) atoms. The van der Waals surface area contributed by atoms with E-state index in [1.807, 2.05) is 0 Å². The molecule has 2 aliphatic rings. The molecule has 1 unspecified atom stereocenters. The third-order valence-electron chi connectivity index (χ3n) is 3.30. The molecule has 0 spiro atoms. The number of hydrogen-bond donors (Lipinski definition) is 1. The van der Waals surface area contributed by atoms with Gasteiger partial charge in [-0.15, -0.1) is 18.8 Å². The molecule has 1 aliphatic carbocycles. The highest BCUT2D eigenvalue weighted by molar-refractivity contribution is 5.85. The summed E-state index contributed by atoms with van der Waals surface area (Å²) >= 11 is 0. The van der Waals surface area contributed by atoms with E-state index in [0.29, 0.717) is 6.04 Å². The third kappa shape index (κ3) is 1.99. The Hall–Kier alpha value is -0.230. The average Bonchev–Trinajstić information content (AvgIpc) is 2.55. The average molecular weight is 201 g/mol. The fourth-order valence-corrected chi connectivity index (χ4v) is 2.66. The second-order valence-electron chi connectivity index (χ2n) is 4.06. The fraction of sp³-hybridized carbons (Fsp3) is 0.800. The number of nitrogens with zero attached hydrogens (tertiary/aromatic N) is 1. The Kier molecular flexibility index (Phi) is 3.61. The molecule has 0 aromatic rings. The molecular weight excluding hydrogens is 184 g/mol. The van der Waals surface area contributed by atoms with E-state index >= 15 is 0 Å². The first kappa shape index (κ1) is 10.8. The number of halogens is 1. The molecule has 0 aromatic carbocycles. The molecule has 0 radical (unpaired) electrons. The van der Waals surface area contributed by atoms with Gasteiger partial charge in [0.1, 0.15) is 0 Å². The van der Waals surface area contributed by atoms with Crippen LogP contribution in [0, 0.1) is 24.2 Å². The monoisotopic (exact) mass is 200 g/mol. The van der Waals surface area contributed by atoms with Gasteiger partial charge in [0.25, 0.3) is 0 Å². The zero-order valence-corrected chi connectivity index (χ0v) is 8.59. The van der Waals surface area contributed by atoms with Gasteiger partial charge in [0, 0.05) is 19.1 Å². The van der Waals surface area contributed by atoms with Gasteiger partial charge in [0.05, 0.1) is 6.54 Å². The van der Waals surface area contributed by atoms with E-state index in [1.165, 1.54) is 19.4 Å². The Bertz CT molecular complexity index is 211. The second kappa shape index (κ2) is 4.32. The lowest BCUT2D eigenvalue weighted by atomic mass is 9.98. The Balaban J connectivity index is 0.000000845. The predicted octanol–water partition coefficient (Wildman–Crippen LogP) is 0.711. The van der Waals surface area contributed by atoms with Crippen LogP contribution in [0.2, 0.25) is 0 Å². The molecule has 1 aliphatic heterocycles. The summed E-state index contributed by atoms with van der Waals surface area (Å²) in [6, 6.07) is 0.442. The van der Waals surface area contributed by atoms with Gasteiger partial charge < -0.3 is 5.73 Å². The van der Waals surface area contributed by atoms with Crippen molar-refractivity contribution in [1.29, 1.82) is 0 Å². The maximum Gasteiger partial charge on any atom is 0.0599 e. The van der Waals surface area contributed by atoms with E-state index in [0.717, 1.165) is 24.9 Å². The Morgan fingerprint density at radius 3 is 2.77 bits per heavy atom. The van der Waals surface area contributed by atoms with Gasteiger partial charge in [0.15, 0.2) is 0 Å². The van der Waals surface area contributed by atoms with Crippen LogP contribution in [0.4, 0.5) is 0 Å². The molecule has 1 saturated carbocycles. The second-order valence-corrected chi connectivity index (χ2v) is 4.06. The van der Waals surface area contributed by atoms with Crippen molar-refractivity contribution in [2.75, 3.05) is 19.6 Å². The lowest BCUT2D eigenvalue weighted by Crippen LogP contribution is -2.30. The molecule has 0 amide bonds. The van der Waals surface area contributed by atoms with E-state index in [1.54, 1.807) is 0 Å². The Morgan fingerprint density at radius 2 is 2.15 bits per heavy atom. The van der Waals surface area contributed by atoms with E-state index in [4.69, 9.17) is 12.2 Å². The van der Waals surface area contributed by atoms with Crippen LogP contribution in [-0.2, 0) is 0 Å². The van der Waals surface area contributed by atoms with Gasteiger partial charge >= 0.3 is 0 Å². The molecule has 0 bridgehead atoms. The van der Waals surface area contributed by atoms with Crippen LogP contribution in [0.15, 0.2) is 0 Å². The fourth-order valence-electron chi connectivity index (χ4n) is 2.66. The predicted molar refractivity (Wildman–Crippen MR) is 56.7 cm³/mol. The largest absolute Gasteiger partial charge is 0.327 e. The number of fused-ring (bicyclic) bond motifs is 1. The zero-order chi connectivity index (χ0) is 8.55. The first-order chi connectivity index (χ1) is 5.81. The topological polar surface area (TPSA) is 29.3 Å². The molecule has 1 saturated heterocycles. The zero-order valence-electron chi connectivity index (χ0n) is 7.78. The molecule has 2 N–H and O–H groups in total. The molecule has 3 atom stereocenters. The molecule has 74 valence electrons.